The molecule has 1 aromatic heterocycles. The van der Waals surface area contributed by atoms with Crippen molar-refractivity contribution in [3.05, 3.63) is 91.8 Å². The van der Waals surface area contributed by atoms with Gasteiger partial charge in [0.05, 0.1) is 6.54 Å². The minimum Gasteiger partial charge on any atom is -0.320 e. The lowest BCUT2D eigenvalue weighted by atomic mass is 10.1. The molecule has 3 aromatic rings. The topological polar surface area (TPSA) is 64.0 Å². The minimum atomic E-state index is -0.354. The fourth-order valence-corrected chi connectivity index (χ4v) is 2.98. The van der Waals surface area contributed by atoms with Gasteiger partial charge < -0.3 is 5.32 Å². The van der Waals surface area contributed by atoms with Crippen molar-refractivity contribution in [3.63, 3.8) is 0 Å². The maximum atomic E-state index is 12.5. The van der Waals surface area contributed by atoms with Crippen LogP contribution in [0.1, 0.15) is 27.2 Å². The van der Waals surface area contributed by atoms with Crippen LogP contribution in [0.15, 0.2) is 63.9 Å². The molecule has 0 bridgehead atoms. The predicted molar refractivity (Wildman–Crippen MR) is 106 cm³/mol. The molecule has 0 spiro atoms. The van der Waals surface area contributed by atoms with E-state index in [1.807, 2.05) is 56.3 Å². The van der Waals surface area contributed by atoms with E-state index >= 15 is 0 Å². The van der Waals surface area contributed by atoms with Crippen molar-refractivity contribution in [2.24, 2.45) is 0 Å². The number of aryl methyl sites for hydroxylation is 2. The first kappa shape index (κ1) is 18.1. The van der Waals surface area contributed by atoms with E-state index in [1.165, 1.54) is 16.8 Å². The molecule has 1 heterocycles. The molecule has 1 amide bonds. The molecule has 0 aliphatic rings. The lowest BCUT2D eigenvalue weighted by Crippen LogP contribution is -2.26. The van der Waals surface area contributed by atoms with Crippen molar-refractivity contribution in [1.29, 1.82) is 0 Å². The first-order valence-electron chi connectivity index (χ1n) is 8.13. The molecule has 3 rings (SSSR count). The largest absolute Gasteiger partial charge is 0.320 e. The second-order valence-electron chi connectivity index (χ2n) is 6.11. The lowest BCUT2D eigenvalue weighted by molar-refractivity contribution is 0.102. The monoisotopic (exact) mass is 411 g/mol. The summed E-state index contributed by atoms with van der Waals surface area (Å²) in [7, 11) is 0. The molecule has 0 saturated carbocycles. The molecule has 132 valence electrons. The Morgan fingerprint density at radius 3 is 2.50 bits per heavy atom. The van der Waals surface area contributed by atoms with E-state index in [0.29, 0.717) is 12.2 Å². The van der Waals surface area contributed by atoms with Crippen LogP contribution in [0.4, 0.5) is 5.69 Å². The Bertz CT molecular complexity index is 1010. The number of nitrogens with one attached hydrogen (secondary N) is 1. The zero-order chi connectivity index (χ0) is 18.7. The highest BCUT2D eigenvalue weighted by atomic mass is 79.9. The third-order valence-corrected chi connectivity index (χ3v) is 4.48. The Balaban J connectivity index is 1.83. The lowest BCUT2D eigenvalue weighted by Gasteiger charge is -2.10. The normalized spacial score (nSPS) is 10.6. The van der Waals surface area contributed by atoms with Crippen LogP contribution in [0.25, 0.3) is 0 Å². The number of carbonyl (C=O) groups excluding carboxylic acids is 1. The summed E-state index contributed by atoms with van der Waals surface area (Å²) >= 11 is 3.40. The van der Waals surface area contributed by atoms with Gasteiger partial charge in [0, 0.05) is 16.2 Å². The SMILES string of the molecule is Cc1ccc(Cn2nc(C(=O)Nc3ccc(Br)cc3C)ccc2=O)cc1. The highest BCUT2D eigenvalue weighted by molar-refractivity contribution is 9.10. The average Bonchev–Trinajstić information content (AvgIpc) is 2.61. The molecule has 0 radical (unpaired) electrons. The minimum absolute atomic E-state index is 0.194. The third kappa shape index (κ3) is 4.26. The maximum absolute atomic E-state index is 12.5. The fourth-order valence-electron chi connectivity index (χ4n) is 2.50. The van der Waals surface area contributed by atoms with E-state index in [1.54, 1.807) is 0 Å². The Kier molecular flexibility index (Phi) is 5.32. The zero-order valence-electron chi connectivity index (χ0n) is 14.5. The van der Waals surface area contributed by atoms with Gasteiger partial charge in [-0.2, -0.15) is 5.10 Å². The quantitative estimate of drug-likeness (QED) is 0.707. The second kappa shape index (κ2) is 7.66. The van der Waals surface area contributed by atoms with Gasteiger partial charge in [0.2, 0.25) is 0 Å². The predicted octanol–water partition coefficient (Wildman–Crippen LogP) is 3.92. The Labute approximate surface area is 159 Å². The van der Waals surface area contributed by atoms with Gasteiger partial charge in [0.15, 0.2) is 0 Å². The molecular weight excluding hydrogens is 394 g/mol. The number of benzene rings is 2. The number of nitrogens with zero attached hydrogens (tertiary/aromatic N) is 2. The van der Waals surface area contributed by atoms with Gasteiger partial charge in [0.25, 0.3) is 11.5 Å². The number of hydrogen-bond donors (Lipinski definition) is 1. The molecule has 0 unspecified atom stereocenters. The first-order chi connectivity index (χ1) is 12.4. The molecule has 0 atom stereocenters. The molecule has 0 saturated heterocycles. The summed E-state index contributed by atoms with van der Waals surface area (Å²) < 4.78 is 2.24. The molecular formula is C20H18BrN3O2. The standard InChI is InChI=1S/C20H18BrN3O2/c1-13-3-5-15(6-4-13)12-24-19(25)10-9-18(23-24)20(26)22-17-8-7-16(21)11-14(17)2/h3-11H,12H2,1-2H3,(H,22,26). The molecule has 1 N–H and O–H groups in total. The van der Waals surface area contributed by atoms with E-state index in [-0.39, 0.29) is 17.2 Å². The van der Waals surface area contributed by atoms with Gasteiger partial charge in [-0.25, -0.2) is 4.68 Å². The van der Waals surface area contributed by atoms with Crippen LogP contribution in [0.3, 0.4) is 0 Å². The number of aromatic nitrogens is 2. The summed E-state index contributed by atoms with van der Waals surface area (Å²) in [6.07, 6.45) is 0. The molecule has 5 nitrogen and oxygen atoms in total. The van der Waals surface area contributed by atoms with Crippen molar-refractivity contribution < 1.29 is 4.79 Å². The zero-order valence-corrected chi connectivity index (χ0v) is 16.1. The molecule has 26 heavy (non-hydrogen) atoms. The summed E-state index contributed by atoms with van der Waals surface area (Å²) in [6.45, 7) is 4.23. The molecule has 0 aliphatic carbocycles. The van der Waals surface area contributed by atoms with Crippen LogP contribution < -0.4 is 10.9 Å². The molecule has 0 aliphatic heterocycles. The Morgan fingerprint density at radius 2 is 1.81 bits per heavy atom. The summed E-state index contributed by atoms with van der Waals surface area (Å²) in [5.74, 6) is -0.354. The van der Waals surface area contributed by atoms with Gasteiger partial charge in [-0.15, -0.1) is 0 Å². The van der Waals surface area contributed by atoms with Crippen LogP contribution in [-0.2, 0) is 6.54 Å². The molecule has 2 aromatic carbocycles. The number of halogens is 1. The van der Waals surface area contributed by atoms with Crippen molar-refractivity contribution in [2.45, 2.75) is 20.4 Å². The van der Waals surface area contributed by atoms with Crippen molar-refractivity contribution in [2.75, 3.05) is 5.32 Å². The number of carbonyl (C=O) groups is 1. The van der Waals surface area contributed by atoms with Gasteiger partial charge in [-0.3, -0.25) is 9.59 Å². The number of amides is 1. The summed E-state index contributed by atoms with van der Waals surface area (Å²) in [4.78, 5) is 24.6. The number of hydrogen-bond acceptors (Lipinski definition) is 3. The maximum Gasteiger partial charge on any atom is 0.276 e. The van der Waals surface area contributed by atoms with E-state index in [0.717, 1.165) is 21.2 Å². The van der Waals surface area contributed by atoms with Crippen LogP contribution in [0.5, 0.6) is 0 Å². The average molecular weight is 412 g/mol. The Hall–Kier alpha value is -2.73. The van der Waals surface area contributed by atoms with Crippen molar-refractivity contribution >= 4 is 27.5 Å². The summed E-state index contributed by atoms with van der Waals surface area (Å²) in [5, 5.41) is 7.05. The van der Waals surface area contributed by atoms with E-state index in [4.69, 9.17) is 0 Å². The highest BCUT2D eigenvalue weighted by Gasteiger charge is 2.12. The van der Waals surface area contributed by atoms with Gasteiger partial charge in [-0.1, -0.05) is 45.8 Å². The van der Waals surface area contributed by atoms with Gasteiger partial charge >= 0.3 is 0 Å². The Morgan fingerprint density at radius 1 is 1.08 bits per heavy atom. The number of rotatable bonds is 4. The van der Waals surface area contributed by atoms with Crippen molar-refractivity contribution in [3.8, 4) is 0 Å². The number of anilines is 1. The smallest absolute Gasteiger partial charge is 0.276 e. The summed E-state index contributed by atoms with van der Waals surface area (Å²) in [5.41, 5.74) is 3.68. The molecule has 6 heteroatoms. The second-order valence-corrected chi connectivity index (χ2v) is 7.03. The summed E-state index contributed by atoms with van der Waals surface area (Å²) in [6, 6.07) is 16.3. The van der Waals surface area contributed by atoms with Crippen LogP contribution in [-0.4, -0.2) is 15.7 Å². The van der Waals surface area contributed by atoms with E-state index < -0.39 is 0 Å². The van der Waals surface area contributed by atoms with Crippen LogP contribution in [0.2, 0.25) is 0 Å². The third-order valence-electron chi connectivity index (χ3n) is 3.99. The molecule has 0 fully saturated rings. The van der Waals surface area contributed by atoms with E-state index in [2.05, 4.69) is 26.3 Å². The van der Waals surface area contributed by atoms with Gasteiger partial charge in [0.1, 0.15) is 5.69 Å². The fraction of sp³-hybridized carbons (Fsp3) is 0.150. The van der Waals surface area contributed by atoms with E-state index in [9.17, 15) is 9.59 Å². The first-order valence-corrected chi connectivity index (χ1v) is 8.93. The van der Waals surface area contributed by atoms with Crippen molar-refractivity contribution in [1.82, 2.24) is 9.78 Å². The highest BCUT2D eigenvalue weighted by Crippen LogP contribution is 2.20. The van der Waals surface area contributed by atoms with Gasteiger partial charge in [-0.05, 0) is 49.2 Å². The van der Waals surface area contributed by atoms with Crippen LogP contribution >= 0.6 is 15.9 Å². The van der Waals surface area contributed by atoms with Crippen LogP contribution in [0, 0.1) is 13.8 Å².